The molecule has 2 aromatic rings. The normalized spacial score (nSPS) is 12.6. The van der Waals surface area contributed by atoms with E-state index in [0.29, 0.717) is 23.5 Å². The summed E-state index contributed by atoms with van der Waals surface area (Å²) in [5.41, 5.74) is 2.79. The van der Waals surface area contributed by atoms with Crippen LogP contribution in [-0.4, -0.2) is 53.7 Å². The maximum absolute atomic E-state index is 12.7. The lowest BCUT2D eigenvalue weighted by molar-refractivity contribution is -0.141. The van der Waals surface area contributed by atoms with Gasteiger partial charge in [-0.05, 0) is 24.1 Å². The number of aliphatic carboxylic acids is 1. The van der Waals surface area contributed by atoms with Crippen molar-refractivity contribution in [3.8, 4) is 0 Å². The average molecular weight is 475 g/mol. The minimum Gasteiger partial charge on any atom is -0.480 e. The first-order chi connectivity index (χ1) is 15.3. The Morgan fingerprint density at radius 2 is 1.66 bits per heavy atom. The molecule has 0 saturated carbocycles. The monoisotopic (exact) mass is 474 g/mol. The number of carbonyl (C=O) groups is 3. The fraction of sp³-hybridized carbons (Fsp3) is 0.375. The number of benzene rings is 2. The number of hydrogen-bond acceptors (Lipinski definition) is 6. The molecule has 0 aliphatic rings. The second-order valence-corrected chi connectivity index (χ2v) is 9.57. The molecule has 0 bridgehead atoms. The second kappa shape index (κ2) is 13.2. The second-order valence-electron chi connectivity index (χ2n) is 7.55. The van der Waals surface area contributed by atoms with Crippen LogP contribution in [0.3, 0.4) is 0 Å². The van der Waals surface area contributed by atoms with Gasteiger partial charge < -0.3 is 15.3 Å². The smallest absolute Gasteiger partial charge is 0.327 e. The van der Waals surface area contributed by atoms with Crippen molar-refractivity contribution in [2.75, 3.05) is 30.5 Å². The Hall–Kier alpha value is -2.45. The number of amides is 1. The van der Waals surface area contributed by atoms with Gasteiger partial charge in [0.25, 0.3) is 0 Å². The number of hydrogen-bond donors (Lipinski definition) is 2. The van der Waals surface area contributed by atoms with Crippen LogP contribution in [0.1, 0.15) is 29.3 Å². The lowest BCUT2D eigenvalue weighted by atomic mass is 10.1. The summed E-state index contributed by atoms with van der Waals surface area (Å²) >= 11 is 2.55. The summed E-state index contributed by atoms with van der Waals surface area (Å²) in [5, 5.41) is 12.1. The third-order valence-electron chi connectivity index (χ3n) is 4.91. The Bertz CT molecular complexity index is 889. The summed E-state index contributed by atoms with van der Waals surface area (Å²) in [5.74, 6) is -0.582. The molecule has 2 rings (SSSR count). The van der Waals surface area contributed by atoms with Gasteiger partial charge in [-0.1, -0.05) is 61.2 Å². The number of nitrogens with zero attached hydrogens (tertiary/aromatic N) is 1. The Kier molecular flexibility index (Phi) is 10.6. The van der Waals surface area contributed by atoms with Crippen molar-refractivity contribution in [3.63, 3.8) is 0 Å². The zero-order valence-corrected chi connectivity index (χ0v) is 20.2. The van der Waals surface area contributed by atoms with Crippen LogP contribution >= 0.6 is 23.5 Å². The average Bonchev–Trinajstić information content (AvgIpc) is 2.79. The van der Waals surface area contributed by atoms with E-state index in [4.69, 9.17) is 0 Å². The number of anilines is 1. The zero-order valence-electron chi connectivity index (χ0n) is 18.6. The maximum Gasteiger partial charge on any atom is 0.327 e. The van der Waals surface area contributed by atoms with Crippen molar-refractivity contribution < 1.29 is 19.5 Å². The van der Waals surface area contributed by atoms with Gasteiger partial charge >= 0.3 is 5.97 Å². The van der Waals surface area contributed by atoms with Crippen molar-refractivity contribution >= 4 is 46.2 Å². The van der Waals surface area contributed by atoms with Gasteiger partial charge in [0.15, 0.2) is 0 Å². The molecular weight excluding hydrogens is 444 g/mol. The number of carboxylic acid groups (broad SMARTS) is 1. The molecular formula is C24H30N2O4S2. The van der Waals surface area contributed by atoms with Crippen LogP contribution in [0.5, 0.6) is 0 Å². The molecule has 0 saturated heterocycles. The third-order valence-corrected chi connectivity index (χ3v) is 7.08. The molecule has 6 nitrogen and oxygen atoms in total. The molecule has 0 aromatic heterocycles. The standard InChI is InChI=1S/C24H30N2O4S2/c1-4-18(15-32-24(30)19-8-6-5-7-9-19)22(27)25-21(23(28)29)16-31-14-17-10-12-20(13-11-17)26(2)3/h5-13,18,21H,4,14-16H2,1-3H3,(H,25,27)(H,28,29). The van der Waals surface area contributed by atoms with E-state index in [-0.39, 0.29) is 16.8 Å². The molecule has 2 unspecified atom stereocenters. The lowest BCUT2D eigenvalue weighted by Crippen LogP contribution is -2.45. The Morgan fingerprint density at radius 1 is 1.00 bits per heavy atom. The molecule has 2 N–H and O–H groups in total. The van der Waals surface area contributed by atoms with Crippen LogP contribution < -0.4 is 10.2 Å². The quantitative estimate of drug-likeness (QED) is 0.478. The topological polar surface area (TPSA) is 86.7 Å². The van der Waals surface area contributed by atoms with Gasteiger partial charge in [-0.25, -0.2) is 4.79 Å². The van der Waals surface area contributed by atoms with Crippen LogP contribution in [0.25, 0.3) is 0 Å². The Balaban J connectivity index is 1.84. The van der Waals surface area contributed by atoms with Crippen LogP contribution in [-0.2, 0) is 15.3 Å². The van der Waals surface area contributed by atoms with Gasteiger partial charge in [0.2, 0.25) is 11.0 Å². The van der Waals surface area contributed by atoms with E-state index in [1.807, 2.05) is 56.3 Å². The molecule has 0 spiro atoms. The summed E-state index contributed by atoms with van der Waals surface area (Å²) in [4.78, 5) is 38.6. The van der Waals surface area contributed by atoms with Gasteiger partial charge in [0.1, 0.15) is 6.04 Å². The molecule has 1 amide bonds. The number of carbonyl (C=O) groups excluding carboxylic acids is 2. The minimum atomic E-state index is -1.06. The van der Waals surface area contributed by atoms with Gasteiger partial charge in [0, 0.05) is 48.5 Å². The van der Waals surface area contributed by atoms with E-state index in [9.17, 15) is 19.5 Å². The number of rotatable bonds is 12. The lowest BCUT2D eigenvalue weighted by Gasteiger charge is -2.19. The molecule has 0 aliphatic heterocycles. The summed E-state index contributed by atoms with van der Waals surface area (Å²) < 4.78 is 0. The molecule has 0 heterocycles. The molecule has 8 heteroatoms. The van der Waals surface area contributed by atoms with Crippen molar-refractivity contribution in [2.45, 2.75) is 25.1 Å². The van der Waals surface area contributed by atoms with Gasteiger partial charge in [-0.3, -0.25) is 9.59 Å². The van der Waals surface area contributed by atoms with E-state index >= 15 is 0 Å². The van der Waals surface area contributed by atoms with Crippen molar-refractivity contribution in [1.29, 1.82) is 0 Å². The fourth-order valence-electron chi connectivity index (χ4n) is 2.86. The van der Waals surface area contributed by atoms with E-state index in [0.717, 1.165) is 23.0 Å². The fourth-order valence-corrected chi connectivity index (χ4v) is 4.91. The van der Waals surface area contributed by atoms with E-state index in [1.165, 1.54) is 11.8 Å². The molecule has 0 aliphatic carbocycles. The summed E-state index contributed by atoms with van der Waals surface area (Å²) in [7, 11) is 3.95. The predicted octanol–water partition coefficient (Wildman–Crippen LogP) is 4.16. The summed E-state index contributed by atoms with van der Waals surface area (Å²) in [6.45, 7) is 1.86. The number of thioether (sulfide) groups is 2. The molecule has 32 heavy (non-hydrogen) atoms. The largest absolute Gasteiger partial charge is 0.480 e. The predicted molar refractivity (Wildman–Crippen MR) is 134 cm³/mol. The molecule has 2 aromatic carbocycles. The minimum absolute atomic E-state index is 0.0949. The zero-order chi connectivity index (χ0) is 23.5. The molecule has 0 radical (unpaired) electrons. The third kappa shape index (κ3) is 8.24. The highest BCUT2D eigenvalue weighted by Gasteiger charge is 2.25. The number of nitrogens with one attached hydrogen (secondary N) is 1. The van der Waals surface area contributed by atoms with Crippen LogP contribution in [0.15, 0.2) is 54.6 Å². The molecule has 2 atom stereocenters. The highest BCUT2D eigenvalue weighted by atomic mass is 32.2. The van der Waals surface area contributed by atoms with Crippen molar-refractivity contribution in [3.05, 3.63) is 65.7 Å². The van der Waals surface area contributed by atoms with E-state index in [2.05, 4.69) is 5.32 Å². The Morgan fingerprint density at radius 3 is 2.22 bits per heavy atom. The molecule has 172 valence electrons. The first-order valence-corrected chi connectivity index (χ1v) is 12.5. The van der Waals surface area contributed by atoms with Gasteiger partial charge in [-0.2, -0.15) is 11.8 Å². The first kappa shape index (κ1) is 25.8. The van der Waals surface area contributed by atoms with Gasteiger partial charge in [0.05, 0.1) is 0 Å². The Labute approximate surface area is 198 Å². The van der Waals surface area contributed by atoms with Crippen molar-refractivity contribution in [2.24, 2.45) is 5.92 Å². The van der Waals surface area contributed by atoms with Crippen molar-refractivity contribution in [1.82, 2.24) is 5.32 Å². The van der Waals surface area contributed by atoms with Gasteiger partial charge in [-0.15, -0.1) is 0 Å². The summed E-state index contributed by atoms with van der Waals surface area (Å²) in [6, 6.07) is 16.0. The maximum atomic E-state index is 12.7. The van der Waals surface area contributed by atoms with E-state index < -0.39 is 17.9 Å². The highest BCUT2D eigenvalue weighted by molar-refractivity contribution is 8.14. The first-order valence-electron chi connectivity index (χ1n) is 10.4. The summed E-state index contributed by atoms with van der Waals surface area (Å²) in [6.07, 6.45) is 0.526. The van der Waals surface area contributed by atoms with Crippen LogP contribution in [0, 0.1) is 5.92 Å². The van der Waals surface area contributed by atoms with E-state index in [1.54, 1.807) is 24.3 Å². The molecule has 0 fully saturated rings. The number of carboxylic acids is 1. The highest BCUT2D eigenvalue weighted by Crippen LogP contribution is 2.20. The SMILES string of the molecule is CCC(CSC(=O)c1ccccc1)C(=O)NC(CSCc1ccc(N(C)C)cc1)C(=O)O. The van der Waals surface area contributed by atoms with Crippen LogP contribution in [0.2, 0.25) is 0 Å². The van der Waals surface area contributed by atoms with Crippen LogP contribution in [0.4, 0.5) is 5.69 Å².